The van der Waals surface area contributed by atoms with Crippen molar-refractivity contribution in [1.29, 1.82) is 0 Å². The Bertz CT molecular complexity index is 508. The van der Waals surface area contributed by atoms with E-state index in [0.29, 0.717) is 17.9 Å². The van der Waals surface area contributed by atoms with Gasteiger partial charge in [0.1, 0.15) is 6.61 Å². The largest absolute Gasteiger partial charge is 0.478 e. The number of hydrogen-bond donors (Lipinski definition) is 2. The Kier molecular flexibility index (Phi) is 13.5. The number of anilines is 1. The van der Waals surface area contributed by atoms with Crippen molar-refractivity contribution in [2.24, 2.45) is 0 Å². The van der Waals surface area contributed by atoms with Crippen LogP contribution in [0.15, 0.2) is 24.3 Å². The van der Waals surface area contributed by atoms with Crippen LogP contribution in [0.1, 0.15) is 44.0 Å². The number of benzene rings is 1. The van der Waals surface area contributed by atoms with Gasteiger partial charge in [-0.2, -0.15) is 0 Å². The maximum Gasteiger partial charge on any atom is 0.403 e. The number of carbonyl (C=O) groups is 2. The zero-order chi connectivity index (χ0) is 19.1. The number of nitrogens with one attached hydrogen (secondary N) is 1. The van der Waals surface area contributed by atoms with Crippen LogP contribution in [0.3, 0.4) is 0 Å². The van der Waals surface area contributed by atoms with Gasteiger partial charge in [-0.3, -0.25) is 0 Å². The summed E-state index contributed by atoms with van der Waals surface area (Å²) in [6.45, 7) is 10.1. The maximum absolute atomic E-state index is 10.8. The number of para-hydroxylation sites is 1. The molecule has 142 valence electrons. The molecule has 0 saturated heterocycles. The summed E-state index contributed by atoms with van der Waals surface area (Å²) in [5.74, 6) is -0.885. The monoisotopic (exact) mass is 372 g/mol. The molecule has 0 fully saturated rings. The predicted molar refractivity (Wildman–Crippen MR) is 102 cm³/mol. The van der Waals surface area contributed by atoms with Gasteiger partial charge >= 0.3 is 11.4 Å². The lowest BCUT2D eigenvalue weighted by molar-refractivity contribution is 0.0698. The summed E-state index contributed by atoms with van der Waals surface area (Å²) in [5.41, 5.74) is 0.314. The molecule has 25 heavy (non-hydrogen) atoms. The molecule has 0 radical (unpaired) electrons. The first kappa shape index (κ1) is 23.2. The van der Waals surface area contributed by atoms with Crippen molar-refractivity contribution in [3.63, 3.8) is 0 Å². The fraction of sp³-hybridized carbons (Fsp3) is 0.556. The Morgan fingerprint density at radius 3 is 2.36 bits per heavy atom. The van der Waals surface area contributed by atoms with Crippen molar-refractivity contribution in [2.45, 2.75) is 33.6 Å². The molecule has 1 aromatic carbocycles. The van der Waals surface area contributed by atoms with Gasteiger partial charge in [0.25, 0.3) is 0 Å². The summed E-state index contributed by atoms with van der Waals surface area (Å²) in [5, 5.41) is 12.0. The highest BCUT2D eigenvalue weighted by Crippen LogP contribution is 2.14. The third kappa shape index (κ3) is 11.4. The third-order valence-corrected chi connectivity index (χ3v) is 3.63. The summed E-state index contributed by atoms with van der Waals surface area (Å²) in [6.07, 6.45) is 2.15. The third-order valence-electron chi connectivity index (χ3n) is 3.52. The number of halogens is 1. The Balaban J connectivity index is 0.000000477. The number of carbonyl (C=O) groups excluding carboxylic acids is 1. The molecule has 7 heteroatoms. The van der Waals surface area contributed by atoms with E-state index in [1.165, 1.54) is 0 Å². The molecule has 0 atom stereocenters. The first-order chi connectivity index (χ1) is 12.0. The smallest absolute Gasteiger partial charge is 0.403 e. The Hall–Kier alpha value is -1.79. The lowest BCUT2D eigenvalue weighted by Crippen LogP contribution is -2.27. The molecule has 0 amide bonds. The SMILES string of the molecule is CCCCNc1ccccc1C(=O)O.CCN(CC)CCOC(=O)Cl. The van der Waals surface area contributed by atoms with Crippen LogP contribution in [0.2, 0.25) is 0 Å². The minimum Gasteiger partial charge on any atom is -0.478 e. The zero-order valence-electron chi connectivity index (χ0n) is 15.3. The fourth-order valence-corrected chi connectivity index (χ4v) is 2.10. The van der Waals surface area contributed by atoms with Crippen LogP contribution in [0.5, 0.6) is 0 Å². The van der Waals surface area contributed by atoms with Crippen LogP contribution in [0.25, 0.3) is 0 Å². The number of likely N-dealkylation sites (N-methyl/N-ethyl adjacent to an activating group) is 1. The normalized spacial score (nSPS) is 9.96. The summed E-state index contributed by atoms with van der Waals surface area (Å²) in [4.78, 5) is 23.1. The highest BCUT2D eigenvalue weighted by Gasteiger charge is 2.07. The molecule has 0 aromatic heterocycles. The van der Waals surface area contributed by atoms with Gasteiger partial charge < -0.3 is 20.1 Å². The minimum absolute atomic E-state index is 0.337. The number of rotatable bonds is 10. The second-order valence-electron chi connectivity index (χ2n) is 5.24. The summed E-state index contributed by atoms with van der Waals surface area (Å²) < 4.78 is 4.56. The van der Waals surface area contributed by atoms with Gasteiger partial charge in [0, 0.05) is 30.4 Å². The van der Waals surface area contributed by atoms with Gasteiger partial charge in [-0.05, 0) is 31.6 Å². The van der Waals surface area contributed by atoms with Gasteiger partial charge in [-0.15, -0.1) is 0 Å². The molecular formula is C18H29ClN2O4. The van der Waals surface area contributed by atoms with Crippen LogP contribution in [-0.2, 0) is 4.74 Å². The van der Waals surface area contributed by atoms with Crippen LogP contribution < -0.4 is 5.32 Å². The Morgan fingerprint density at radius 2 is 1.84 bits per heavy atom. The van der Waals surface area contributed by atoms with Crippen LogP contribution in [-0.4, -0.2) is 54.2 Å². The molecule has 0 saturated carbocycles. The van der Waals surface area contributed by atoms with Crippen molar-refractivity contribution >= 4 is 28.7 Å². The van der Waals surface area contributed by atoms with E-state index >= 15 is 0 Å². The maximum atomic E-state index is 10.8. The predicted octanol–water partition coefficient (Wildman–Crippen LogP) is 4.30. The second-order valence-corrected chi connectivity index (χ2v) is 5.55. The number of ether oxygens (including phenoxy) is 1. The van der Waals surface area contributed by atoms with Crippen molar-refractivity contribution in [3.8, 4) is 0 Å². The van der Waals surface area contributed by atoms with Gasteiger partial charge in [0.05, 0.1) is 5.56 Å². The van der Waals surface area contributed by atoms with E-state index in [0.717, 1.165) is 39.0 Å². The van der Waals surface area contributed by atoms with Crippen molar-refractivity contribution in [3.05, 3.63) is 29.8 Å². The molecule has 0 unspecified atom stereocenters. The molecule has 0 aliphatic heterocycles. The van der Waals surface area contributed by atoms with Crippen molar-refractivity contribution in [1.82, 2.24) is 4.90 Å². The average molecular weight is 373 g/mol. The molecule has 0 aliphatic rings. The van der Waals surface area contributed by atoms with Crippen LogP contribution in [0.4, 0.5) is 10.5 Å². The minimum atomic E-state index is -0.885. The lowest BCUT2D eigenvalue weighted by Gasteiger charge is -2.16. The van der Waals surface area contributed by atoms with E-state index in [-0.39, 0.29) is 0 Å². The van der Waals surface area contributed by atoms with Crippen molar-refractivity contribution in [2.75, 3.05) is 38.1 Å². The van der Waals surface area contributed by atoms with Gasteiger partial charge in [-0.25, -0.2) is 9.59 Å². The Morgan fingerprint density at radius 1 is 1.20 bits per heavy atom. The topological polar surface area (TPSA) is 78.9 Å². The van der Waals surface area contributed by atoms with Gasteiger partial charge in [0.2, 0.25) is 0 Å². The fourth-order valence-electron chi connectivity index (χ4n) is 2.02. The number of hydrogen-bond acceptors (Lipinski definition) is 5. The standard InChI is InChI=1S/C11H15NO2.C7H14ClNO2/c1-2-3-8-12-10-7-5-4-6-9(10)11(13)14;1-3-9(4-2)5-6-11-7(8)10/h4-7,12H,2-3,8H2,1H3,(H,13,14);3-6H2,1-2H3. The number of unbranched alkanes of at least 4 members (excludes halogenated alkanes) is 1. The summed E-state index contributed by atoms with van der Waals surface area (Å²) in [6, 6.07) is 6.96. The molecule has 0 aliphatic carbocycles. The first-order valence-corrected chi connectivity index (χ1v) is 8.94. The van der Waals surface area contributed by atoms with E-state index in [2.05, 4.69) is 35.7 Å². The second kappa shape index (κ2) is 14.5. The Labute approximate surface area is 155 Å². The van der Waals surface area contributed by atoms with E-state index in [1.54, 1.807) is 18.2 Å². The van der Waals surface area contributed by atoms with Crippen LogP contribution >= 0.6 is 11.6 Å². The molecule has 0 spiro atoms. The average Bonchev–Trinajstić information content (AvgIpc) is 2.59. The molecule has 6 nitrogen and oxygen atoms in total. The molecule has 0 heterocycles. The van der Waals surface area contributed by atoms with Gasteiger partial charge in [0.15, 0.2) is 0 Å². The number of aromatic carboxylic acids is 1. The molecule has 1 aromatic rings. The van der Waals surface area contributed by atoms with E-state index in [1.807, 2.05) is 6.07 Å². The summed E-state index contributed by atoms with van der Waals surface area (Å²) in [7, 11) is 0. The number of nitrogens with zero attached hydrogens (tertiary/aromatic N) is 1. The van der Waals surface area contributed by atoms with Crippen molar-refractivity contribution < 1.29 is 19.4 Å². The molecule has 0 bridgehead atoms. The number of carboxylic acid groups (broad SMARTS) is 1. The summed E-state index contributed by atoms with van der Waals surface area (Å²) >= 11 is 4.97. The van der Waals surface area contributed by atoms with Crippen LogP contribution in [0, 0.1) is 0 Å². The lowest BCUT2D eigenvalue weighted by atomic mass is 10.2. The molecular weight excluding hydrogens is 344 g/mol. The highest BCUT2D eigenvalue weighted by atomic mass is 35.5. The van der Waals surface area contributed by atoms with E-state index < -0.39 is 11.4 Å². The molecule has 2 N–H and O–H groups in total. The van der Waals surface area contributed by atoms with E-state index in [9.17, 15) is 9.59 Å². The number of carboxylic acids is 1. The molecule has 1 rings (SSSR count). The van der Waals surface area contributed by atoms with E-state index in [4.69, 9.17) is 16.7 Å². The first-order valence-electron chi connectivity index (χ1n) is 8.56. The zero-order valence-corrected chi connectivity index (χ0v) is 16.0. The quantitative estimate of drug-likeness (QED) is 0.471. The highest BCUT2D eigenvalue weighted by molar-refractivity contribution is 6.61. The van der Waals surface area contributed by atoms with Gasteiger partial charge in [-0.1, -0.05) is 39.3 Å².